The van der Waals surface area contributed by atoms with E-state index < -0.39 is 5.60 Å². The fourth-order valence-electron chi connectivity index (χ4n) is 3.75. The van der Waals surface area contributed by atoms with E-state index in [0.717, 1.165) is 32.5 Å². The molecule has 2 heterocycles. The van der Waals surface area contributed by atoms with Gasteiger partial charge in [-0.3, -0.25) is 4.90 Å². The third-order valence-electron chi connectivity index (χ3n) is 4.72. The number of ether oxygens (including phenoxy) is 1. The lowest BCUT2D eigenvalue weighted by atomic mass is 9.63. The van der Waals surface area contributed by atoms with E-state index in [0.29, 0.717) is 0 Å². The Morgan fingerprint density at radius 2 is 1.86 bits per heavy atom. The van der Waals surface area contributed by atoms with Crippen LogP contribution < -0.4 is 5.32 Å². The molecule has 0 radical (unpaired) electrons. The van der Waals surface area contributed by atoms with Crippen molar-refractivity contribution in [1.29, 1.82) is 0 Å². The minimum absolute atomic E-state index is 0.144. The monoisotopic (exact) mass is 302 g/mol. The van der Waals surface area contributed by atoms with Gasteiger partial charge in [0.25, 0.3) is 0 Å². The third kappa shape index (κ3) is 2.84. The van der Waals surface area contributed by atoms with Gasteiger partial charge in [0.2, 0.25) is 0 Å². The molecule has 1 spiro atoms. The molecule has 1 N–H and O–H groups in total. The van der Waals surface area contributed by atoms with Crippen molar-refractivity contribution in [1.82, 2.24) is 10.2 Å². The summed E-state index contributed by atoms with van der Waals surface area (Å²) in [5.41, 5.74) is 0.986. The highest BCUT2D eigenvalue weighted by Crippen LogP contribution is 2.54. The second kappa shape index (κ2) is 5.58. The molecule has 0 aliphatic carbocycles. The first-order valence-corrected chi connectivity index (χ1v) is 8.17. The molecule has 120 valence electrons. The van der Waals surface area contributed by atoms with Crippen molar-refractivity contribution in [2.75, 3.05) is 19.6 Å². The number of hydrogen-bond donors (Lipinski definition) is 1. The van der Waals surface area contributed by atoms with Gasteiger partial charge in [0.05, 0.1) is 6.04 Å². The molecule has 1 amide bonds. The van der Waals surface area contributed by atoms with Gasteiger partial charge in [-0.1, -0.05) is 30.3 Å². The van der Waals surface area contributed by atoms with E-state index in [-0.39, 0.29) is 17.6 Å². The summed E-state index contributed by atoms with van der Waals surface area (Å²) in [6.07, 6.45) is 2.04. The van der Waals surface area contributed by atoms with Gasteiger partial charge in [0.1, 0.15) is 5.60 Å². The first-order valence-electron chi connectivity index (χ1n) is 8.17. The van der Waals surface area contributed by atoms with Gasteiger partial charge in [-0.05, 0) is 52.3 Å². The number of likely N-dealkylation sites (tertiary alicyclic amines) is 1. The SMILES string of the molecule is CC(C)(C)OC(=O)N1CC2(CCNCC2)C1c1ccccc1. The van der Waals surface area contributed by atoms with Crippen LogP contribution in [-0.2, 0) is 4.74 Å². The maximum Gasteiger partial charge on any atom is 0.410 e. The lowest BCUT2D eigenvalue weighted by molar-refractivity contribution is -0.0971. The van der Waals surface area contributed by atoms with Crippen molar-refractivity contribution in [3.63, 3.8) is 0 Å². The molecule has 1 aromatic carbocycles. The zero-order valence-electron chi connectivity index (χ0n) is 13.8. The lowest BCUT2D eigenvalue weighted by Crippen LogP contribution is -2.63. The molecule has 0 aromatic heterocycles. The number of amides is 1. The molecule has 1 atom stereocenters. The minimum Gasteiger partial charge on any atom is -0.444 e. The first-order chi connectivity index (χ1) is 10.4. The Hall–Kier alpha value is -1.55. The summed E-state index contributed by atoms with van der Waals surface area (Å²) in [5, 5.41) is 3.43. The Morgan fingerprint density at radius 3 is 2.45 bits per heavy atom. The quantitative estimate of drug-likeness (QED) is 0.865. The van der Waals surface area contributed by atoms with Crippen LogP contribution in [0.5, 0.6) is 0 Å². The fraction of sp³-hybridized carbons (Fsp3) is 0.611. The van der Waals surface area contributed by atoms with Crippen molar-refractivity contribution < 1.29 is 9.53 Å². The zero-order valence-corrected chi connectivity index (χ0v) is 13.8. The molecular weight excluding hydrogens is 276 g/mol. The van der Waals surface area contributed by atoms with Crippen LogP contribution in [0.2, 0.25) is 0 Å². The number of nitrogens with zero attached hydrogens (tertiary/aromatic N) is 1. The van der Waals surface area contributed by atoms with E-state index in [4.69, 9.17) is 4.74 Å². The number of piperidine rings is 1. The zero-order chi connectivity index (χ0) is 15.8. The summed E-state index contributed by atoms with van der Waals surface area (Å²) in [4.78, 5) is 14.4. The Morgan fingerprint density at radius 1 is 1.23 bits per heavy atom. The lowest BCUT2D eigenvalue weighted by Gasteiger charge is -2.59. The third-order valence-corrected chi connectivity index (χ3v) is 4.72. The maximum absolute atomic E-state index is 12.5. The molecule has 22 heavy (non-hydrogen) atoms. The molecule has 2 aliphatic heterocycles. The van der Waals surface area contributed by atoms with Crippen molar-refractivity contribution in [3.8, 4) is 0 Å². The van der Waals surface area contributed by atoms with Crippen LogP contribution in [0.4, 0.5) is 4.79 Å². The smallest absolute Gasteiger partial charge is 0.410 e. The van der Waals surface area contributed by atoms with E-state index in [2.05, 4.69) is 29.6 Å². The van der Waals surface area contributed by atoms with Crippen molar-refractivity contribution in [2.45, 2.75) is 45.3 Å². The van der Waals surface area contributed by atoms with Crippen LogP contribution >= 0.6 is 0 Å². The summed E-state index contributed by atoms with van der Waals surface area (Å²) < 4.78 is 5.60. The van der Waals surface area contributed by atoms with Crippen LogP contribution in [0.15, 0.2) is 30.3 Å². The molecule has 2 aliphatic rings. The topological polar surface area (TPSA) is 41.6 Å². The number of benzene rings is 1. The van der Waals surface area contributed by atoms with E-state index in [1.54, 1.807) is 0 Å². The number of nitrogens with one attached hydrogen (secondary N) is 1. The molecule has 2 fully saturated rings. The normalized spacial score (nSPS) is 24.0. The van der Waals surface area contributed by atoms with Gasteiger partial charge in [0, 0.05) is 12.0 Å². The van der Waals surface area contributed by atoms with Crippen LogP contribution in [-0.4, -0.2) is 36.2 Å². The van der Waals surface area contributed by atoms with Gasteiger partial charge in [-0.25, -0.2) is 4.79 Å². The number of rotatable bonds is 1. The Bertz CT molecular complexity index is 530. The van der Waals surface area contributed by atoms with Gasteiger partial charge in [-0.15, -0.1) is 0 Å². The second-order valence-corrected chi connectivity index (χ2v) is 7.53. The molecule has 2 saturated heterocycles. The van der Waals surface area contributed by atoms with E-state index in [9.17, 15) is 4.79 Å². The van der Waals surface area contributed by atoms with E-state index >= 15 is 0 Å². The number of carbonyl (C=O) groups is 1. The minimum atomic E-state index is -0.449. The second-order valence-electron chi connectivity index (χ2n) is 7.53. The van der Waals surface area contributed by atoms with Crippen molar-refractivity contribution >= 4 is 6.09 Å². The van der Waals surface area contributed by atoms with Gasteiger partial charge in [0.15, 0.2) is 0 Å². The molecule has 1 aromatic rings. The number of carbonyl (C=O) groups excluding carboxylic acids is 1. The highest BCUT2D eigenvalue weighted by atomic mass is 16.6. The standard InChI is InChI=1S/C18H26N2O2/c1-17(2,3)22-16(21)20-13-18(9-11-19-12-10-18)15(20)14-7-5-4-6-8-14/h4-8,15,19H,9-13H2,1-3H3. The molecule has 0 bridgehead atoms. The van der Waals surface area contributed by atoms with Gasteiger partial charge in [-0.2, -0.15) is 0 Å². The molecule has 4 heteroatoms. The average molecular weight is 302 g/mol. The largest absolute Gasteiger partial charge is 0.444 e. The summed E-state index contributed by atoms with van der Waals surface area (Å²) in [7, 11) is 0. The summed E-state index contributed by atoms with van der Waals surface area (Å²) in [6.45, 7) is 8.63. The Balaban J connectivity index is 1.84. The highest BCUT2D eigenvalue weighted by Gasteiger charge is 2.55. The van der Waals surface area contributed by atoms with Crippen LogP contribution in [0.3, 0.4) is 0 Å². The van der Waals surface area contributed by atoms with Crippen LogP contribution in [0.1, 0.15) is 45.2 Å². The highest BCUT2D eigenvalue weighted by molar-refractivity contribution is 5.70. The predicted molar refractivity (Wildman–Crippen MR) is 86.7 cm³/mol. The fourth-order valence-corrected chi connectivity index (χ4v) is 3.75. The van der Waals surface area contributed by atoms with Crippen LogP contribution in [0, 0.1) is 5.41 Å². The molecule has 0 saturated carbocycles. The molecular formula is C18H26N2O2. The Kier molecular flexibility index (Phi) is 3.89. The van der Waals surface area contributed by atoms with Gasteiger partial charge >= 0.3 is 6.09 Å². The van der Waals surface area contributed by atoms with Crippen molar-refractivity contribution in [3.05, 3.63) is 35.9 Å². The van der Waals surface area contributed by atoms with Crippen molar-refractivity contribution in [2.24, 2.45) is 5.41 Å². The maximum atomic E-state index is 12.5. The van der Waals surface area contributed by atoms with E-state index in [1.807, 2.05) is 31.7 Å². The average Bonchev–Trinajstić information content (AvgIpc) is 2.45. The summed E-state index contributed by atoms with van der Waals surface area (Å²) in [5.74, 6) is 0. The Labute approximate surface area is 132 Å². The van der Waals surface area contributed by atoms with E-state index in [1.165, 1.54) is 5.56 Å². The first kappa shape index (κ1) is 15.3. The molecule has 1 unspecified atom stereocenters. The predicted octanol–water partition coefficient (Wildman–Crippen LogP) is 3.35. The van der Waals surface area contributed by atoms with Crippen LogP contribution in [0.25, 0.3) is 0 Å². The molecule has 3 rings (SSSR count). The van der Waals surface area contributed by atoms with Gasteiger partial charge < -0.3 is 10.1 Å². The summed E-state index contributed by atoms with van der Waals surface area (Å²) >= 11 is 0. The number of hydrogen-bond acceptors (Lipinski definition) is 3. The summed E-state index contributed by atoms with van der Waals surface area (Å²) in [6, 6.07) is 10.5. The molecule has 4 nitrogen and oxygen atoms in total.